The van der Waals surface area contributed by atoms with Crippen molar-refractivity contribution in [1.82, 2.24) is 9.38 Å². The summed E-state index contributed by atoms with van der Waals surface area (Å²) in [5.41, 5.74) is 4.24. The Kier molecular flexibility index (Phi) is 5.49. The lowest BCUT2D eigenvalue weighted by atomic mass is 10.1. The van der Waals surface area contributed by atoms with Crippen molar-refractivity contribution in [3.8, 4) is 17.2 Å². The zero-order valence-electron chi connectivity index (χ0n) is 17.5. The molecule has 0 fully saturated rings. The molecule has 0 N–H and O–H groups in total. The predicted molar refractivity (Wildman–Crippen MR) is 124 cm³/mol. The van der Waals surface area contributed by atoms with Crippen LogP contribution >= 0.6 is 27.3 Å². The molecule has 0 radical (unpaired) electrons. The Hall–Kier alpha value is -2.91. The lowest BCUT2D eigenvalue weighted by molar-refractivity contribution is -0.132. The van der Waals surface area contributed by atoms with Gasteiger partial charge in [0.2, 0.25) is 5.75 Å². The molecule has 0 unspecified atom stereocenters. The smallest absolute Gasteiger partial charge is 0.308 e. The van der Waals surface area contributed by atoms with Crippen LogP contribution in [0.5, 0.6) is 17.2 Å². The van der Waals surface area contributed by atoms with E-state index in [0.717, 1.165) is 26.6 Å². The van der Waals surface area contributed by atoms with Gasteiger partial charge in [0.05, 0.1) is 24.3 Å². The van der Waals surface area contributed by atoms with Crippen molar-refractivity contribution in [1.29, 1.82) is 0 Å². The first-order valence-corrected chi connectivity index (χ1v) is 10.9. The van der Waals surface area contributed by atoms with Crippen LogP contribution in [0.4, 0.5) is 0 Å². The topological polar surface area (TPSA) is 79.1 Å². The largest absolute Gasteiger partial charge is 0.493 e. The number of methoxy groups -OCH3 is 2. The predicted octanol–water partition coefficient (Wildman–Crippen LogP) is 3.78. The van der Waals surface area contributed by atoms with Crippen molar-refractivity contribution < 1.29 is 19.0 Å². The molecule has 0 saturated heterocycles. The Balaban J connectivity index is 1.93. The third kappa shape index (κ3) is 3.57. The number of esters is 1. The molecule has 2 aromatic heterocycles. The van der Waals surface area contributed by atoms with Crippen molar-refractivity contribution in [2.75, 3.05) is 14.2 Å². The second-order valence-electron chi connectivity index (χ2n) is 6.99. The number of aryl methyl sites for hydroxylation is 1. The van der Waals surface area contributed by atoms with Gasteiger partial charge in [-0.05, 0) is 70.7 Å². The molecule has 0 saturated carbocycles. The van der Waals surface area contributed by atoms with Crippen molar-refractivity contribution >= 4 is 55.3 Å². The number of thiazole rings is 1. The van der Waals surface area contributed by atoms with Crippen LogP contribution in [-0.4, -0.2) is 29.6 Å². The number of rotatable bonds is 4. The van der Waals surface area contributed by atoms with Gasteiger partial charge in [-0.3, -0.25) is 9.59 Å². The number of hydrogen-bond acceptors (Lipinski definition) is 7. The maximum Gasteiger partial charge on any atom is 0.308 e. The fourth-order valence-electron chi connectivity index (χ4n) is 3.36. The van der Waals surface area contributed by atoms with E-state index in [1.54, 1.807) is 22.6 Å². The Morgan fingerprint density at radius 1 is 1.16 bits per heavy atom. The third-order valence-electron chi connectivity index (χ3n) is 5.01. The zero-order chi connectivity index (χ0) is 22.4. The van der Waals surface area contributed by atoms with Gasteiger partial charge >= 0.3 is 5.97 Å². The van der Waals surface area contributed by atoms with Crippen LogP contribution in [0, 0.1) is 13.8 Å². The SMILES string of the molecule is COc1cc(/C=c2/sc3nc4c(Br)c(C)c(C)cc4n3c2=O)cc(OC)c1OC(C)=O. The molecule has 0 bridgehead atoms. The second-order valence-corrected chi connectivity index (χ2v) is 8.80. The summed E-state index contributed by atoms with van der Waals surface area (Å²) < 4.78 is 19.0. The van der Waals surface area contributed by atoms with E-state index in [9.17, 15) is 9.59 Å². The summed E-state index contributed by atoms with van der Waals surface area (Å²) in [6.07, 6.45) is 1.74. The van der Waals surface area contributed by atoms with Gasteiger partial charge in [-0.25, -0.2) is 9.38 Å². The summed E-state index contributed by atoms with van der Waals surface area (Å²) in [5, 5.41) is 0. The molecule has 0 spiro atoms. The summed E-state index contributed by atoms with van der Waals surface area (Å²) in [5.74, 6) is 0.364. The number of benzene rings is 2. The third-order valence-corrected chi connectivity index (χ3v) is 6.94. The van der Waals surface area contributed by atoms with Crippen LogP contribution < -0.4 is 24.3 Å². The first-order valence-electron chi connectivity index (χ1n) is 9.32. The van der Waals surface area contributed by atoms with Crippen LogP contribution in [-0.2, 0) is 4.79 Å². The molecule has 31 heavy (non-hydrogen) atoms. The second kappa shape index (κ2) is 7.97. The Morgan fingerprint density at radius 2 is 1.81 bits per heavy atom. The minimum atomic E-state index is -0.488. The Labute approximate surface area is 190 Å². The van der Waals surface area contributed by atoms with E-state index >= 15 is 0 Å². The van der Waals surface area contributed by atoms with E-state index < -0.39 is 5.97 Å². The fraction of sp³-hybridized carbons (Fsp3) is 0.227. The molecule has 4 aromatic rings. The summed E-state index contributed by atoms with van der Waals surface area (Å²) in [6, 6.07) is 5.35. The van der Waals surface area contributed by atoms with E-state index in [0.29, 0.717) is 26.6 Å². The van der Waals surface area contributed by atoms with Crippen LogP contribution in [0.15, 0.2) is 27.5 Å². The molecule has 0 amide bonds. The summed E-state index contributed by atoms with van der Waals surface area (Å²) in [4.78, 5) is 29.9. The highest BCUT2D eigenvalue weighted by Gasteiger charge is 2.18. The van der Waals surface area contributed by atoms with Gasteiger partial charge in [-0.15, -0.1) is 0 Å². The highest BCUT2D eigenvalue weighted by molar-refractivity contribution is 9.10. The average Bonchev–Trinajstić information content (AvgIpc) is 3.23. The van der Waals surface area contributed by atoms with Crippen molar-refractivity contribution in [3.63, 3.8) is 0 Å². The number of halogens is 1. The number of imidazole rings is 1. The molecular weight excluding hydrogens is 484 g/mol. The number of nitrogens with zero attached hydrogens (tertiary/aromatic N) is 2. The summed E-state index contributed by atoms with van der Waals surface area (Å²) in [7, 11) is 2.94. The summed E-state index contributed by atoms with van der Waals surface area (Å²) in [6.45, 7) is 5.33. The highest BCUT2D eigenvalue weighted by atomic mass is 79.9. The molecule has 4 rings (SSSR count). The molecule has 0 aliphatic carbocycles. The van der Waals surface area contributed by atoms with Gasteiger partial charge < -0.3 is 14.2 Å². The zero-order valence-corrected chi connectivity index (χ0v) is 19.9. The molecule has 160 valence electrons. The Bertz CT molecular complexity index is 1450. The fourth-order valence-corrected chi connectivity index (χ4v) is 4.94. The molecular formula is C22H19BrN2O5S. The molecule has 0 aliphatic heterocycles. The van der Waals surface area contributed by atoms with Gasteiger partial charge in [0.1, 0.15) is 5.52 Å². The van der Waals surface area contributed by atoms with Gasteiger partial charge in [0, 0.05) is 11.4 Å². The maximum atomic E-state index is 13.2. The van der Waals surface area contributed by atoms with Crippen molar-refractivity contribution in [2.24, 2.45) is 0 Å². The van der Waals surface area contributed by atoms with Gasteiger partial charge in [-0.2, -0.15) is 0 Å². The lowest BCUT2D eigenvalue weighted by Crippen LogP contribution is -2.22. The van der Waals surface area contributed by atoms with Crippen molar-refractivity contribution in [3.05, 3.63) is 54.2 Å². The highest BCUT2D eigenvalue weighted by Crippen LogP contribution is 2.39. The van der Waals surface area contributed by atoms with Gasteiger partial charge in [-0.1, -0.05) is 11.3 Å². The molecule has 0 atom stereocenters. The van der Waals surface area contributed by atoms with Gasteiger partial charge in [0.25, 0.3) is 5.56 Å². The maximum absolute atomic E-state index is 13.2. The van der Waals surface area contributed by atoms with Crippen LogP contribution in [0.1, 0.15) is 23.6 Å². The van der Waals surface area contributed by atoms with Crippen molar-refractivity contribution in [2.45, 2.75) is 20.8 Å². The molecule has 7 nitrogen and oxygen atoms in total. The molecule has 0 aliphatic rings. The lowest BCUT2D eigenvalue weighted by Gasteiger charge is -2.13. The van der Waals surface area contributed by atoms with Crippen LogP contribution in [0.25, 0.3) is 22.1 Å². The van der Waals surface area contributed by atoms with Crippen LogP contribution in [0.2, 0.25) is 0 Å². The van der Waals surface area contributed by atoms with E-state index in [2.05, 4.69) is 20.9 Å². The molecule has 9 heteroatoms. The quantitative estimate of drug-likeness (QED) is 0.312. The molecule has 2 aromatic carbocycles. The minimum absolute atomic E-state index is 0.153. The number of carbonyl (C=O) groups is 1. The first kappa shape index (κ1) is 21.3. The Morgan fingerprint density at radius 3 is 2.39 bits per heavy atom. The standard InChI is InChI=1S/C22H19BrN2O5S/c1-10-6-14-19(18(23)11(10)2)24-22-25(14)21(27)17(31-22)9-13-7-15(28-4)20(30-12(3)26)16(8-13)29-5/h6-9H,1-5H3/b17-9+. The number of fused-ring (bicyclic) bond motifs is 3. The first-order chi connectivity index (χ1) is 14.7. The number of aromatic nitrogens is 2. The average molecular weight is 503 g/mol. The minimum Gasteiger partial charge on any atom is -0.493 e. The van der Waals surface area contributed by atoms with E-state index in [-0.39, 0.29) is 11.3 Å². The van der Waals surface area contributed by atoms with E-state index in [1.807, 2.05) is 19.9 Å². The van der Waals surface area contributed by atoms with E-state index in [4.69, 9.17) is 14.2 Å². The van der Waals surface area contributed by atoms with Crippen LogP contribution in [0.3, 0.4) is 0 Å². The normalized spacial score (nSPS) is 12.0. The van der Waals surface area contributed by atoms with Gasteiger partial charge in [0.15, 0.2) is 16.5 Å². The monoisotopic (exact) mass is 502 g/mol. The number of hydrogen-bond donors (Lipinski definition) is 0. The molecule has 2 heterocycles. The van der Waals surface area contributed by atoms with E-state index in [1.165, 1.54) is 32.5 Å². The number of carbonyl (C=O) groups excluding carboxylic acids is 1. The summed E-state index contributed by atoms with van der Waals surface area (Å²) >= 11 is 4.90. The number of ether oxygens (including phenoxy) is 3.